The van der Waals surface area contributed by atoms with Crippen molar-refractivity contribution in [3.8, 4) is 11.4 Å². The van der Waals surface area contributed by atoms with Gasteiger partial charge in [0, 0.05) is 11.6 Å². The Kier molecular flexibility index (Phi) is 6.65. The van der Waals surface area contributed by atoms with Gasteiger partial charge in [0.1, 0.15) is 0 Å². The van der Waals surface area contributed by atoms with Crippen LogP contribution in [-0.2, 0) is 14.3 Å². The molecule has 1 heterocycles. The third-order valence-corrected chi connectivity index (χ3v) is 4.99. The number of benzene rings is 1. The zero-order valence-electron chi connectivity index (χ0n) is 14.4. The molecule has 2 N–H and O–H groups in total. The topological polar surface area (TPSA) is 97.0 Å². The van der Waals surface area contributed by atoms with Crippen LogP contribution in [0.5, 0.6) is 0 Å². The summed E-state index contributed by atoms with van der Waals surface area (Å²) in [4.78, 5) is 28.0. The van der Waals surface area contributed by atoms with Crippen molar-refractivity contribution in [1.82, 2.24) is 20.5 Å². The molecule has 0 aliphatic heterocycles. The normalized spacial score (nSPS) is 14.8. The molecule has 0 atom stereocenters. The van der Waals surface area contributed by atoms with E-state index < -0.39 is 5.97 Å². The Morgan fingerprint density at radius 2 is 1.96 bits per heavy atom. The maximum Gasteiger partial charge on any atom is 0.316 e. The first kappa shape index (κ1) is 18.4. The summed E-state index contributed by atoms with van der Waals surface area (Å²) in [5.74, 6) is 0.00989. The van der Waals surface area contributed by atoms with E-state index >= 15 is 0 Å². The molecule has 2 aromatic rings. The van der Waals surface area contributed by atoms with Crippen molar-refractivity contribution < 1.29 is 14.3 Å². The van der Waals surface area contributed by atoms with Crippen LogP contribution in [-0.4, -0.2) is 45.5 Å². The molecule has 1 amide bonds. The van der Waals surface area contributed by atoms with Crippen molar-refractivity contribution in [3.63, 3.8) is 0 Å². The Hall–Kier alpha value is -2.35. The smallest absolute Gasteiger partial charge is 0.316 e. The molecule has 26 heavy (non-hydrogen) atoms. The van der Waals surface area contributed by atoms with Crippen LogP contribution in [0.2, 0.25) is 0 Å². The molecule has 3 rings (SSSR count). The number of hydrogen-bond acceptors (Lipinski definition) is 6. The van der Waals surface area contributed by atoms with Crippen molar-refractivity contribution in [2.75, 3.05) is 12.4 Å². The van der Waals surface area contributed by atoms with Gasteiger partial charge in [0.2, 0.25) is 5.16 Å². The summed E-state index contributed by atoms with van der Waals surface area (Å²) < 4.78 is 5.02. The minimum absolute atomic E-state index is 0.0583. The number of carbonyl (C=O) groups excluding carboxylic acids is 2. The Morgan fingerprint density at radius 1 is 1.19 bits per heavy atom. The molecule has 0 unspecified atom stereocenters. The number of ether oxygens (including phenoxy) is 1. The van der Waals surface area contributed by atoms with Crippen molar-refractivity contribution in [1.29, 1.82) is 0 Å². The lowest BCUT2D eigenvalue weighted by atomic mass is 9.95. The van der Waals surface area contributed by atoms with E-state index in [0.717, 1.165) is 31.2 Å². The second-order valence-corrected chi connectivity index (χ2v) is 7.13. The van der Waals surface area contributed by atoms with Crippen molar-refractivity contribution >= 4 is 23.6 Å². The highest BCUT2D eigenvalue weighted by molar-refractivity contribution is 7.99. The number of aromatic nitrogens is 3. The number of esters is 1. The fraction of sp³-hybridized carbons (Fsp3) is 0.444. The minimum Gasteiger partial charge on any atom is -0.455 e. The number of H-pyrrole nitrogens is 1. The van der Waals surface area contributed by atoms with Crippen LogP contribution in [0.15, 0.2) is 35.5 Å². The van der Waals surface area contributed by atoms with Crippen LogP contribution in [0.1, 0.15) is 32.1 Å². The van der Waals surface area contributed by atoms with E-state index in [1.807, 2.05) is 30.3 Å². The van der Waals surface area contributed by atoms with Gasteiger partial charge in [-0.15, -0.1) is 5.10 Å². The first-order chi connectivity index (χ1) is 12.7. The zero-order chi connectivity index (χ0) is 18.2. The molecule has 0 spiro atoms. The maximum absolute atomic E-state index is 11.8. The molecular formula is C18H22N4O3S. The molecule has 0 radical (unpaired) electrons. The molecule has 7 nitrogen and oxygen atoms in total. The lowest BCUT2D eigenvalue weighted by Gasteiger charge is -2.22. The largest absolute Gasteiger partial charge is 0.455 e. The predicted octanol–water partition coefficient (Wildman–Crippen LogP) is 2.56. The fourth-order valence-corrected chi connectivity index (χ4v) is 3.46. The van der Waals surface area contributed by atoms with Gasteiger partial charge in [0.15, 0.2) is 12.4 Å². The fourth-order valence-electron chi connectivity index (χ4n) is 2.86. The van der Waals surface area contributed by atoms with Crippen LogP contribution in [0.4, 0.5) is 0 Å². The number of amides is 1. The molecular weight excluding hydrogens is 352 g/mol. The summed E-state index contributed by atoms with van der Waals surface area (Å²) in [6.45, 7) is -0.237. The van der Waals surface area contributed by atoms with Gasteiger partial charge in [0.25, 0.3) is 5.91 Å². The van der Waals surface area contributed by atoms with E-state index in [4.69, 9.17) is 4.74 Å². The quantitative estimate of drug-likeness (QED) is 0.571. The second-order valence-electron chi connectivity index (χ2n) is 6.18. The first-order valence-electron chi connectivity index (χ1n) is 8.76. The molecule has 1 aliphatic carbocycles. The number of hydrogen-bond donors (Lipinski definition) is 2. The Labute approximate surface area is 156 Å². The third-order valence-electron chi connectivity index (χ3n) is 4.17. The van der Waals surface area contributed by atoms with Crippen molar-refractivity contribution in [2.45, 2.75) is 43.3 Å². The number of thioether (sulfide) groups is 1. The summed E-state index contributed by atoms with van der Waals surface area (Å²) in [5, 5.41) is 10.3. The number of carbonyl (C=O) groups is 2. The molecule has 1 aromatic heterocycles. The predicted molar refractivity (Wildman–Crippen MR) is 98.5 cm³/mol. The summed E-state index contributed by atoms with van der Waals surface area (Å²) in [6.07, 6.45) is 5.52. The zero-order valence-corrected chi connectivity index (χ0v) is 15.3. The van der Waals surface area contributed by atoms with Crippen LogP contribution in [0, 0.1) is 0 Å². The molecule has 1 saturated carbocycles. The molecule has 1 fully saturated rings. The Bertz CT molecular complexity index is 729. The van der Waals surface area contributed by atoms with Crippen molar-refractivity contribution in [3.05, 3.63) is 30.3 Å². The van der Waals surface area contributed by atoms with E-state index in [0.29, 0.717) is 11.0 Å². The number of rotatable bonds is 7. The van der Waals surface area contributed by atoms with Gasteiger partial charge >= 0.3 is 5.97 Å². The Balaban J connectivity index is 1.37. The number of aromatic amines is 1. The Morgan fingerprint density at radius 3 is 2.73 bits per heavy atom. The molecule has 138 valence electrons. The lowest BCUT2D eigenvalue weighted by molar-refractivity contribution is -0.146. The highest BCUT2D eigenvalue weighted by Gasteiger charge is 2.17. The molecule has 0 saturated heterocycles. The van der Waals surface area contributed by atoms with Gasteiger partial charge < -0.3 is 10.1 Å². The van der Waals surface area contributed by atoms with Gasteiger partial charge in [-0.1, -0.05) is 61.4 Å². The second kappa shape index (κ2) is 9.38. The third kappa shape index (κ3) is 5.59. The maximum atomic E-state index is 11.8. The van der Waals surface area contributed by atoms with Gasteiger partial charge in [-0.2, -0.15) is 0 Å². The van der Waals surface area contributed by atoms with Crippen LogP contribution < -0.4 is 5.32 Å². The van der Waals surface area contributed by atoms with Crippen LogP contribution in [0.3, 0.4) is 0 Å². The van der Waals surface area contributed by atoms with E-state index in [1.165, 1.54) is 18.2 Å². The van der Waals surface area contributed by atoms with Gasteiger partial charge in [-0.05, 0) is 12.8 Å². The van der Waals surface area contributed by atoms with Gasteiger partial charge in [-0.3, -0.25) is 14.7 Å². The van der Waals surface area contributed by atoms with Crippen LogP contribution >= 0.6 is 11.8 Å². The average molecular weight is 374 g/mol. The van der Waals surface area contributed by atoms with E-state index in [-0.39, 0.29) is 24.3 Å². The molecule has 1 aromatic carbocycles. The van der Waals surface area contributed by atoms with Gasteiger partial charge in [0.05, 0.1) is 5.75 Å². The standard InChI is InChI=1S/C18H22N4O3S/c23-15(19-14-9-5-2-6-10-14)11-25-16(24)12-26-18-20-17(21-22-18)13-7-3-1-4-8-13/h1,3-4,7-8,14H,2,5-6,9-12H2,(H,19,23)(H,20,21,22). The average Bonchev–Trinajstić information content (AvgIpc) is 3.15. The van der Waals surface area contributed by atoms with Crippen molar-refractivity contribution in [2.24, 2.45) is 0 Å². The van der Waals surface area contributed by atoms with E-state index in [2.05, 4.69) is 20.5 Å². The highest BCUT2D eigenvalue weighted by atomic mass is 32.2. The summed E-state index contributed by atoms with van der Waals surface area (Å²) >= 11 is 1.17. The highest BCUT2D eigenvalue weighted by Crippen LogP contribution is 2.19. The summed E-state index contributed by atoms with van der Waals surface area (Å²) in [6, 6.07) is 9.83. The summed E-state index contributed by atoms with van der Waals surface area (Å²) in [5.41, 5.74) is 0.925. The number of nitrogens with zero attached hydrogens (tertiary/aromatic N) is 2. The SMILES string of the molecule is O=C(COC(=O)CSc1n[nH]c(-c2ccccc2)n1)NC1CCCCC1. The summed E-state index contributed by atoms with van der Waals surface area (Å²) in [7, 11) is 0. The van der Waals surface area contributed by atoms with Gasteiger partial charge in [-0.25, -0.2) is 4.98 Å². The molecule has 8 heteroatoms. The van der Waals surface area contributed by atoms with Crippen LogP contribution in [0.25, 0.3) is 11.4 Å². The first-order valence-corrected chi connectivity index (χ1v) is 9.75. The lowest BCUT2D eigenvalue weighted by Crippen LogP contribution is -2.38. The minimum atomic E-state index is -0.458. The van der Waals surface area contributed by atoms with E-state index in [1.54, 1.807) is 0 Å². The monoisotopic (exact) mass is 374 g/mol. The molecule has 1 aliphatic rings. The van der Waals surface area contributed by atoms with E-state index in [9.17, 15) is 9.59 Å². The molecule has 0 bridgehead atoms. The number of nitrogens with one attached hydrogen (secondary N) is 2.